The lowest BCUT2D eigenvalue weighted by Crippen LogP contribution is -2.56. The molecule has 0 aromatic heterocycles. The molecule has 0 aliphatic heterocycles. The van der Waals surface area contributed by atoms with Gasteiger partial charge in [-0.2, -0.15) is 0 Å². The van der Waals surface area contributed by atoms with Crippen molar-refractivity contribution < 1.29 is 19.1 Å². The van der Waals surface area contributed by atoms with Crippen molar-refractivity contribution in [1.29, 1.82) is 0 Å². The number of hydrogen-bond donors (Lipinski definition) is 2. The Balaban J connectivity index is 3.55. The number of carbonyl (C=O) groups excluding carboxylic acids is 3. The van der Waals surface area contributed by atoms with Gasteiger partial charge in [0.1, 0.15) is 17.7 Å². The molecular formula is C31H53N3O4. The highest BCUT2D eigenvalue weighted by Crippen LogP contribution is 2.28. The zero-order valence-corrected chi connectivity index (χ0v) is 25.8. The molecule has 0 spiro atoms. The van der Waals surface area contributed by atoms with E-state index >= 15 is 0 Å². The fourth-order valence-corrected chi connectivity index (χ4v) is 4.40. The van der Waals surface area contributed by atoms with Crippen molar-refractivity contribution >= 4 is 17.9 Å². The Kier molecular flexibility index (Phi) is 12.8. The van der Waals surface area contributed by atoms with Gasteiger partial charge in [-0.25, -0.2) is 4.79 Å². The number of hydrogen-bond acceptors (Lipinski definition) is 4. The molecule has 38 heavy (non-hydrogen) atoms. The van der Waals surface area contributed by atoms with Crippen LogP contribution in [0, 0.1) is 19.8 Å². The molecule has 0 saturated heterocycles. The number of nitrogens with zero attached hydrogens (tertiary/aromatic N) is 1. The van der Waals surface area contributed by atoms with Crippen molar-refractivity contribution in [2.75, 3.05) is 6.54 Å². The highest BCUT2D eigenvalue weighted by atomic mass is 16.6. The van der Waals surface area contributed by atoms with Crippen LogP contribution in [0.4, 0.5) is 4.79 Å². The molecule has 0 fully saturated rings. The van der Waals surface area contributed by atoms with Gasteiger partial charge in [0.2, 0.25) is 11.8 Å². The number of ether oxygens (including phenoxy) is 1. The van der Waals surface area contributed by atoms with Crippen LogP contribution in [0.1, 0.15) is 117 Å². The number of benzene rings is 1. The van der Waals surface area contributed by atoms with Gasteiger partial charge in [-0.3, -0.25) is 9.59 Å². The van der Waals surface area contributed by atoms with Gasteiger partial charge in [0.15, 0.2) is 0 Å². The summed E-state index contributed by atoms with van der Waals surface area (Å²) in [6, 6.07) is 4.30. The van der Waals surface area contributed by atoms with E-state index in [0.717, 1.165) is 48.8 Å². The first-order valence-electron chi connectivity index (χ1n) is 14.2. The molecule has 2 unspecified atom stereocenters. The Morgan fingerprint density at radius 2 is 1.55 bits per heavy atom. The first-order chi connectivity index (χ1) is 17.5. The van der Waals surface area contributed by atoms with Crippen LogP contribution in [0.15, 0.2) is 18.2 Å². The fraction of sp³-hybridized carbons (Fsp3) is 0.710. The van der Waals surface area contributed by atoms with Gasteiger partial charge in [0, 0.05) is 12.1 Å². The maximum absolute atomic E-state index is 14.2. The second kappa shape index (κ2) is 14.5. The Morgan fingerprint density at radius 3 is 2.05 bits per heavy atom. The topological polar surface area (TPSA) is 87.7 Å². The maximum Gasteiger partial charge on any atom is 0.408 e. The van der Waals surface area contributed by atoms with Crippen molar-refractivity contribution in [3.63, 3.8) is 0 Å². The lowest BCUT2D eigenvalue weighted by Gasteiger charge is -2.37. The molecule has 1 aromatic rings. The van der Waals surface area contributed by atoms with E-state index in [1.807, 2.05) is 66.7 Å². The van der Waals surface area contributed by atoms with E-state index < -0.39 is 29.3 Å². The number of alkyl carbamates (subject to hydrolysis) is 1. The molecule has 0 radical (unpaired) electrons. The number of nitrogens with one attached hydrogen (secondary N) is 2. The van der Waals surface area contributed by atoms with E-state index in [2.05, 4.69) is 17.6 Å². The predicted octanol–water partition coefficient (Wildman–Crippen LogP) is 6.61. The summed E-state index contributed by atoms with van der Waals surface area (Å²) in [5.41, 5.74) is 1.66. The zero-order chi connectivity index (χ0) is 29.3. The van der Waals surface area contributed by atoms with Crippen LogP contribution in [-0.2, 0) is 14.3 Å². The third-order valence-corrected chi connectivity index (χ3v) is 6.17. The molecule has 0 heterocycles. The lowest BCUT2D eigenvalue weighted by atomic mass is 9.94. The Morgan fingerprint density at radius 1 is 0.947 bits per heavy atom. The smallest absolute Gasteiger partial charge is 0.408 e. The monoisotopic (exact) mass is 531 g/mol. The van der Waals surface area contributed by atoms with E-state index in [4.69, 9.17) is 4.74 Å². The zero-order valence-electron chi connectivity index (χ0n) is 25.8. The fourth-order valence-electron chi connectivity index (χ4n) is 4.40. The molecule has 2 N–H and O–H groups in total. The summed E-state index contributed by atoms with van der Waals surface area (Å²) in [4.78, 5) is 42.5. The van der Waals surface area contributed by atoms with Gasteiger partial charge in [-0.05, 0) is 78.9 Å². The largest absolute Gasteiger partial charge is 0.444 e. The van der Waals surface area contributed by atoms with Gasteiger partial charge in [0.25, 0.3) is 0 Å². The lowest BCUT2D eigenvalue weighted by molar-refractivity contribution is -0.144. The van der Waals surface area contributed by atoms with Crippen LogP contribution in [0.5, 0.6) is 0 Å². The molecule has 2 atom stereocenters. The minimum atomic E-state index is -0.837. The number of unbranched alkanes of at least 4 members (excludes halogenated alkanes) is 4. The maximum atomic E-state index is 14.2. The van der Waals surface area contributed by atoms with E-state index in [1.54, 1.807) is 25.7 Å². The Bertz CT molecular complexity index is 928. The SMILES string of the molecule is CCCCCCCN(C(=O)C(NC(=O)OC(C)(C)C)C(C)C)C(C(=O)NC(C)(C)C)c1ccc(C)cc1C. The van der Waals surface area contributed by atoms with Crippen LogP contribution in [-0.4, -0.2) is 46.5 Å². The highest BCUT2D eigenvalue weighted by Gasteiger charge is 2.38. The molecule has 0 aliphatic carbocycles. The van der Waals surface area contributed by atoms with E-state index in [0.29, 0.717) is 6.54 Å². The summed E-state index contributed by atoms with van der Waals surface area (Å²) in [5, 5.41) is 5.90. The van der Waals surface area contributed by atoms with Crippen molar-refractivity contribution in [3.05, 3.63) is 34.9 Å². The molecule has 1 rings (SSSR count). The first kappa shape index (κ1) is 33.5. The van der Waals surface area contributed by atoms with Crippen molar-refractivity contribution in [1.82, 2.24) is 15.5 Å². The molecule has 3 amide bonds. The molecule has 0 saturated carbocycles. The average molecular weight is 532 g/mol. The average Bonchev–Trinajstić information content (AvgIpc) is 2.74. The molecular weight excluding hydrogens is 478 g/mol. The minimum Gasteiger partial charge on any atom is -0.444 e. The van der Waals surface area contributed by atoms with Gasteiger partial charge >= 0.3 is 6.09 Å². The summed E-state index contributed by atoms with van der Waals surface area (Å²) < 4.78 is 5.46. The third kappa shape index (κ3) is 11.4. The molecule has 7 heteroatoms. The summed E-state index contributed by atoms with van der Waals surface area (Å²) >= 11 is 0. The van der Waals surface area contributed by atoms with Gasteiger partial charge in [-0.1, -0.05) is 70.2 Å². The van der Waals surface area contributed by atoms with Crippen molar-refractivity contribution in [3.8, 4) is 0 Å². The minimum absolute atomic E-state index is 0.206. The van der Waals surface area contributed by atoms with Gasteiger partial charge in [0.05, 0.1) is 0 Å². The normalized spacial score (nSPS) is 13.6. The number of amides is 3. The Hall–Kier alpha value is -2.57. The van der Waals surface area contributed by atoms with E-state index in [-0.39, 0.29) is 17.7 Å². The highest BCUT2D eigenvalue weighted by molar-refractivity contribution is 5.92. The first-order valence-corrected chi connectivity index (χ1v) is 14.2. The van der Waals surface area contributed by atoms with Gasteiger partial charge in [-0.15, -0.1) is 0 Å². The number of carbonyl (C=O) groups is 3. The van der Waals surface area contributed by atoms with Crippen LogP contribution in [0.25, 0.3) is 0 Å². The predicted molar refractivity (Wildman–Crippen MR) is 155 cm³/mol. The molecule has 7 nitrogen and oxygen atoms in total. The molecule has 0 bridgehead atoms. The third-order valence-electron chi connectivity index (χ3n) is 6.17. The van der Waals surface area contributed by atoms with Crippen LogP contribution in [0.2, 0.25) is 0 Å². The second-order valence-corrected chi connectivity index (χ2v) is 12.8. The van der Waals surface area contributed by atoms with Crippen LogP contribution in [0.3, 0.4) is 0 Å². The standard InChI is InChI=1S/C31H53N3O4/c1-12-13-14-15-16-19-34(28(36)25(21(2)3)32-29(37)38-31(9,10)11)26(27(35)33-30(6,7)8)24-18-17-22(4)20-23(24)5/h17-18,20-21,25-26H,12-16,19H2,1-11H3,(H,32,37)(H,33,35). The van der Waals surface area contributed by atoms with E-state index in [9.17, 15) is 14.4 Å². The van der Waals surface area contributed by atoms with Crippen molar-refractivity contribution in [2.45, 2.75) is 131 Å². The van der Waals surface area contributed by atoms with Gasteiger partial charge < -0.3 is 20.3 Å². The summed E-state index contributed by atoms with van der Waals surface area (Å²) in [6.45, 7) is 21.5. The molecule has 0 aliphatic rings. The summed E-state index contributed by atoms with van der Waals surface area (Å²) in [7, 11) is 0. The second-order valence-electron chi connectivity index (χ2n) is 12.8. The van der Waals surface area contributed by atoms with E-state index in [1.165, 1.54) is 0 Å². The van der Waals surface area contributed by atoms with Crippen molar-refractivity contribution in [2.24, 2.45) is 5.92 Å². The summed E-state index contributed by atoms with van der Waals surface area (Å²) in [5.74, 6) is -0.718. The molecule has 1 aromatic carbocycles. The molecule has 216 valence electrons. The number of rotatable bonds is 12. The van der Waals surface area contributed by atoms with Crippen LogP contribution >= 0.6 is 0 Å². The number of aryl methyl sites for hydroxylation is 2. The Labute approximate surface area is 231 Å². The quantitative estimate of drug-likeness (QED) is 0.297. The summed E-state index contributed by atoms with van der Waals surface area (Å²) in [6.07, 6.45) is 4.42. The van der Waals surface area contributed by atoms with Crippen LogP contribution < -0.4 is 10.6 Å².